The van der Waals surface area contributed by atoms with Crippen LogP contribution in [0.5, 0.6) is 0 Å². The van der Waals surface area contributed by atoms with Gasteiger partial charge in [0.1, 0.15) is 0 Å². The van der Waals surface area contributed by atoms with Crippen LogP contribution >= 0.6 is 11.8 Å². The van der Waals surface area contributed by atoms with Crippen LogP contribution in [-0.4, -0.2) is 31.0 Å². The largest absolute Gasteiger partial charge is 0.350 e. The highest BCUT2D eigenvalue weighted by atomic mass is 32.2. The van der Waals surface area contributed by atoms with Gasteiger partial charge in [0, 0.05) is 30.4 Å². The number of nitrogens with zero attached hydrogens (tertiary/aromatic N) is 4. The highest BCUT2D eigenvalue weighted by molar-refractivity contribution is 7.99. The van der Waals surface area contributed by atoms with Crippen molar-refractivity contribution in [2.24, 2.45) is 7.05 Å². The molecule has 0 unspecified atom stereocenters. The molecular formula is C22H23N5OS. The molecule has 0 aliphatic heterocycles. The topological polar surface area (TPSA) is 64.7 Å². The van der Waals surface area contributed by atoms with Gasteiger partial charge in [0.15, 0.2) is 11.0 Å². The van der Waals surface area contributed by atoms with Gasteiger partial charge in [-0.2, -0.15) is 0 Å². The second-order valence-corrected chi connectivity index (χ2v) is 7.68. The van der Waals surface area contributed by atoms with Crippen molar-refractivity contribution in [3.05, 3.63) is 66.4 Å². The van der Waals surface area contributed by atoms with E-state index < -0.39 is 0 Å². The molecule has 0 fully saturated rings. The first-order chi connectivity index (χ1) is 14.2. The van der Waals surface area contributed by atoms with Crippen molar-refractivity contribution in [1.82, 2.24) is 24.6 Å². The number of rotatable bonds is 7. The number of benzene rings is 2. The number of nitrogens with one attached hydrogen (secondary N) is 1. The van der Waals surface area contributed by atoms with Gasteiger partial charge in [-0.1, -0.05) is 60.3 Å². The molecule has 0 saturated heterocycles. The van der Waals surface area contributed by atoms with E-state index in [2.05, 4.69) is 45.2 Å². The van der Waals surface area contributed by atoms with Gasteiger partial charge < -0.3 is 14.5 Å². The Hall–Kier alpha value is -3.06. The van der Waals surface area contributed by atoms with E-state index in [0.29, 0.717) is 12.3 Å². The first kappa shape index (κ1) is 19.3. The molecule has 1 amide bonds. The summed E-state index contributed by atoms with van der Waals surface area (Å²) in [7, 11) is 2.02. The van der Waals surface area contributed by atoms with Crippen LogP contribution in [-0.2, 0) is 24.9 Å². The van der Waals surface area contributed by atoms with Gasteiger partial charge in [-0.15, -0.1) is 10.2 Å². The second-order valence-electron chi connectivity index (χ2n) is 6.74. The molecule has 2 aromatic carbocycles. The number of hydrogen-bond acceptors (Lipinski definition) is 4. The Labute approximate surface area is 173 Å². The molecule has 0 aliphatic carbocycles. The van der Waals surface area contributed by atoms with Gasteiger partial charge in [0.25, 0.3) is 0 Å². The van der Waals surface area contributed by atoms with Crippen molar-refractivity contribution in [2.45, 2.75) is 25.2 Å². The minimum Gasteiger partial charge on any atom is -0.350 e. The summed E-state index contributed by atoms with van der Waals surface area (Å²) >= 11 is 1.41. The predicted molar refractivity (Wildman–Crippen MR) is 117 cm³/mol. The summed E-state index contributed by atoms with van der Waals surface area (Å²) in [6.07, 6.45) is 0. The molecule has 0 saturated carbocycles. The van der Waals surface area contributed by atoms with Gasteiger partial charge >= 0.3 is 0 Å². The lowest BCUT2D eigenvalue weighted by Crippen LogP contribution is -2.25. The number of thioether (sulfide) groups is 1. The van der Waals surface area contributed by atoms with Crippen LogP contribution in [0.25, 0.3) is 22.3 Å². The molecule has 1 N–H and O–H groups in total. The number of hydrogen-bond donors (Lipinski definition) is 1. The van der Waals surface area contributed by atoms with Gasteiger partial charge in [-0.25, -0.2) is 0 Å². The predicted octanol–water partition coefficient (Wildman–Crippen LogP) is 3.87. The average molecular weight is 406 g/mol. The standard InChI is InChI=1S/C22H23N5OS/c1-3-27-21(16-9-5-4-6-10-16)24-25-22(27)29-15-20(28)23-14-18-13-17-11-7-8-12-19(17)26(18)2/h4-13H,3,14-15H2,1-2H3,(H,23,28). The van der Waals surface area contributed by atoms with Crippen molar-refractivity contribution in [3.63, 3.8) is 0 Å². The lowest BCUT2D eigenvalue weighted by Gasteiger charge is -2.08. The maximum Gasteiger partial charge on any atom is 0.230 e. The maximum absolute atomic E-state index is 12.4. The van der Waals surface area contributed by atoms with E-state index in [1.165, 1.54) is 17.1 Å². The van der Waals surface area contributed by atoms with Crippen LogP contribution in [0.15, 0.2) is 65.8 Å². The van der Waals surface area contributed by atoms with Crippen LogP contribution in [0.4, 0.5) is 0 Å². The Morgan fingerprint density at radius 2 is 1.83 bits per heavy atom. The zero-order valence-corrected chi connectivity index (χ0v) is 17.3. The zero-order chi connectivity index (χ0) is 20.2. The van der Waals surface area contributed by atoms with Gasteiger partial charge in [-0.05, 0) is 24.4 Å². The first-order valence-corrected chi connectivity index (χ1v) is 10.6. The molecule has 0 atom stereocenters. The summed E-state index contributed by atoms with van der Waals surface area (Å²) in [5.74, 6) is 1.11. The Morgan fingerprint density at radius 3 is 2.59 bits per heavy atom. The molecule has 2 aromatic heterocycles. The van der Waals surface area contributed by atoms with Gasteiger partial charge in [-0.3, -0.25) is 4.79 Å². The highest BCUT2D eigenvalue weighted by Gasteiger charge is 2.14. The smallest absolute Gasteiger partial charge is 0.230 e. The third-order valence-corrected chi connectivity index (χ3v) is 5.88. The maximum atomic E-state index is 12.4. The average Bonchev–Trinajstić information content (AvgIpc) is 3.32. The van der Waals surface area contributed by atoms with E-state index in [-0.39, 0.29) is 5.91 Å². The van der Waals surface area contributed by atoms with E-state index >= 15 is 0 Å². The summed E-state index contributed by atoms with van der Waals surface area (Å²) in [5.41, 5.74) is 3.26. The first-order valence-electron chi connectivity index (χ1n) is 9.59. The van der Waals surface area contributed by atoms with Crippen LogP contribution in [0, 0.1) is 0 Å². The summed E-state index contributed by atoms with van der Waals surface area (Å²) in [6, 6.07) is 20.3. The summed E-state index contributed by atoms with van der Waals surface area (Å²) in [4.78, 5) is 12.4. The normalized spacial score (nSPS) is 11.1. The van der Waals surface area contributed by atoms with E-state index in [4.69, 9.17) is 0 Å². The summed E-state index contributed by atoms with van der Waals surface area (Å²) < 4.78 is 4.15. The lowest BCUT2D eigenvalue weighted by molar-refractivity contribution is -0.118. The molecular weight excluding hydrogens is 382 g/mol. The lowest BCUT2D eigenvalue weighted by atomic mass is 10.2. The van der Waals surface area contributed by atoms with Crippen LogP contribution in [0.1, 0.15) is 12.6 Å². The summed E-state index contributed by atoms with van der Waals surface area (Å²) in [6.45, 7) is 3.30. The molecule has 4 rings (SSSR count). The molecule has 0 spiro atoms. The van der Waals surface area contributed by atoms with E-state index in [1.54, 1.807) is 0 Å². The number of amides is 1. The Morgan fingerprint density at radius 1 is 1.07 bits per heavy atom. The molecule has 7 heteroatoms. The third-order valence-electron chi connectivity index (χ3n) is 4.92. The van der Waals surface area contributed by atoms with E-state index in [0.717, 1.165) is 34.3 Å². The minimum absolute atomic E-state index is 0.0211. The molecule has 2 heterocycles. The second kappa shape index (κ2) is 8.53. The SMILES string of the molecule is CCn1c(SCC(=O)NCc2cc3ccccc3n2C)nnc1-c1ccccc1. The molecule has 148 valence electrons. The van der Waals surface area contributed by atoms with Crippen LogP contribution in [0.3, 0.4) is 0 Å². The van der Waals surface area contributed by atoms with E-state index in [1.807, 2.05) is 54.1 Å². The fourth-order valence-corrected chi connectivity index (χ4v) is 4.20. The van der Waals surface area contributed by atoms with E-state index in [9.17, 15) is 4.79 Å². The Bertz CT molecular complexity index is 1130. The van der Waals surface area contributed by atoms with Crippen LogP contribution in [0.2, 0.25) is 0 Å². The Kier molecular flexibility index (Phi) is 5.67. The number of fused-ring (bicyclic) bond motifs is 1. The molecule has 4 aromatic rings. The van der Waals surface area contributed by atoms with Crippen molar-refractivity contribution in [2.75, 3.05) is 5.75 Å². The number of carbonyl (C=O) groups is 1. The van der Waals surface area contributed by atoms with Crippen molar-refractivity contribution < 1.29 is 4.79 Å². The number of carbonyl (C=O) groups excluding carboxylic acids is 1. The van der Waals surface area contributed by atoms with Crippen molar-refractivity contribution >= 4 is 28.6 Å². The monoisotopic (exact) mass is 405 g/mol. The molecule has 29 heavy (non-hydrogen) atoms. The van der Waals surface area contributed by atoms with Gasteiger partial charge in [0.05, 0.1) is 12.3 Å². The summed E-state index contributed by atoms with van der Waals surface area (Å²) in [5, 5.41) is 13.6. The van der Waals surface area contributed by atoms with Crippen molar-refractivity contribution in [1.29, 1.82) is 0 Å². The quantitative estimate of drug-likeness (QED) is 0.474. The fraction of sp³-hybridized carbons (Fsp3) is 0.227. The minimum atomic E-state index is -0.0211. The van der Waals surface area contributed by atoms with Crippen molar-refractivity contribution in [3.8, 4) is 11.4 Å². The number of para-hydroxylation sites is 1. The number of aryl methyl sites for hydroxylation is 1. The van der Waals surface area contributed by atoms with Crippen LogP contribution < -0.4 is 5.32 Å². The fourth-order valence-electron chi connectivity index (χ4n) is 3.37. The molecule has 0 aliphatic rings. The Balaban J connectivity index is 1.38. The molecule has 0 radical (unpaired) electrons. The third kappa shape index (κ3) is 4.05. The van der Waals surface area contributed by atoms with Gasteiger partial charge in [0.2, 0.25) is 5.91 Å². The molecule has 0 bridgehead atoms. The zero-order valence-electron chi connectivity index (χ0n) is 16.5. The number of aromatic nitrogens is 4. The molecule has 6 nitrogen and oxygen atoms in total. The highest BCUT2D eigenvalue weighted by Crippen LogP contribution is 2.23.